The van der Waals surface area contributed by atoms with E-state index in [4.69, 9.17) is 4.74 Å². The number of hydrogen-bond donors (Lipinski definition) is 3. The lowest BCUT2D eigenvalue weighted by molar-refractivity contribution is -0.143. The van der Waals surface area contributed by atoms with Crippen LogP contribution in [0.2, 0.25) is 0 Å². The van der Waals surface area contributed by atoms with Crippen molar-refractivity contribution < 1.29 is 24.5 Å². The Morgan fingerprint density at radius 2 is 0.825 bits per heavy atom. The fourth-order valence-corrected chi connectivity index (χ4v) is 8.38. The summed E-state index contributed by atoms with van der Waals surface area (Å²) in [7, 11) is 0. The summed E-state index contributed by atoms with van der Waals surface area (Å²) < 4.78 is 5.44. The highest BCUT2D eigenvalue weighted by atomic mass is 16.5. The molecule has 6 nitrogen and oxygen atoms in total. The molecular formula is C57H107NO5. The molecule has 0 aliphatic carbocycles. The molecule has 2 unspecified atom stereocenters. The number of esters is 1. The molecule has 0 aromatic carbocycles. The van der Waals surface area contributed by atoms with Gasteiger partial charge in [-0.1, -0.05) is 256 Å². The Hall–Kier alpha value is -1.92. The second-order valence-corrected chi connectivity index (χ2v) is 18.9. The van der Waals surface area contributed by atoms with Crippen LogP contribution in [0.3, 0.4) is 0 Å². The summed E-state index contributed by atoms with van der Waals surface area (Å²) in [4.78, 5) is 24.5. The van der Waals surface area contributed by atoms with E-state index in [-0.39, 0.29) is 18.5 Å². The molecule has 0 aromatic heterocycles. The topological polar surface area (TPSA) is 95.9 Å². The molecule has 370 valence electrons. The van der Waals surface area contributed by atoms with E-state index in [9.17, 15) is 19.8 Å². The van der Waals surface area contributed by atoms with Crippen LogP contribution in [0.1, 0.15) is 290 Å². The standard InChI is InChI=1S/C57H107NO5/c1-3-5-7-9-11-13-15-17-18-19-20-21-22-23-24-25-26-27-29-30-33-37-41-45-49-55(60)54(53-59)58-56(61)50-46-42-38-34-32-36-40-44-48-52-63-57(62)51-47-43-39-35-31-28-16-14-12-10-8-6-4-2/h8,10,14,16,45,49,54-55,59-60H,3-7,9,11-13,15,17-44,46-48,50-53H2,1-2H3,(H,58,61)/b10-8-,16-14-,49-45+. The van der Waals surface area contributed by atoms with Gasteiger partial charge >= 0.3 is 5.97 Å². The highest BCUT2D eigenvalue weighted by molar-refractivity contribution is 5.76. The number of aliphatic hydroxyl groups excluding tert-OH is 2. The van der Waals surface area contributed by atoms with Crippen LogP contribution < -0.4 is 5.32 Å². The van der Waals surface area contributed by atoms with Crippen LogP contribution in [0.15, 0.2) is 36.5 Å². The summed E-state index contributed by atoms with van der Waals surface area (Å²) in [5.74, 6) is -0.137. The van der Waals surface area contributed by atoms with Gasteiger partial charge in [0.2, 0.25) is 5.91 Å². The van der Waals surface area contributed by atoms with E-state index in [0.29, 0.717) is 19.4 Å². The first-order valence-electron chi connectivity index (χ1n) is 27.8. The highest BCUT2D eigenvalue weighted by Crippen LogP contribution is 2.17. The van der Waals surface area contributed by atoms with E-state index in [1.54, 1.807) is 6.08 Å². The molecule has 0 aliphatic rings. The summed E-state index contributed by atoms with van der Waals surface area (Å²) in [6.07, 6.45) is 64.4. The third kappa shape index (κ3) is 49.4. The first-order chi connectivity index (χ1) is 31.0. The van der Waals surface area contributed by atoms with Crippen LogP contribution in [-0.4, -0.2) is 47.4 Å². The van der Waals surface area contributed by atoms with Gasteiger partial charge in [0, 0.05) is 12.8 Å². The maximum Gasteiger partial charge on any atom is 0.305 e. The van der Waals surface area contributed by atoms with E-state index in [0.717, 1.165) is 70.6 Å². The van der Waals surface area contributed by atoms with Crippen molar-refractivity contribution in [2.45, 2.75) is 302 Å². The van der Waals surface area contributed by atoms with Crippen molar-refractivity contribution in [1.29, 1.82) is 0 Å². The van der Waals surface area contributed by atoms with Gasteiger partial charge in [0.25, 0.3) is 0 Å². The third-order valence-electron chi connectivity index (χ3n) is 12.6. The summed E-state index contributed by atoms with van der Waals surface area (Å²) >= 11 is 0. The lowest BCUT2D eigenvalue weighted by Gasteiger charge is -2.20. The predicted molar refractivity (Wildman–Crippen MR) is 273 cm³/mol. The van der Waals surface area contributed by atoms with Crippen molar-refractivity contribution in [3.05, 3.63) is 36.5 Å². The van der Waals surface area contributed by atoms with Gasteiger partial charge in [-0.15, -0.1) is 0 Å². The molecule has 0 fully saturated rings. The first kappa shape index (κ1) is 61.1. The number of hydrogen-bond acceptors (Lipinski definition) is 5. The predicted octanol–water partition coefficient (Wildman–Crippen LogP) is 16.9. The fraction of sp³-hybridized carbons (Fsp3) is 0.860. The van der Waals surface area contributed by atoms with Crippen molar-refractivity contribution >= 4 is 11.9 Å². The summed E-state index contributed by atoms with van der Waals surface area (Å²) in [6.45, 7) is 4.78. The Labute approximate surface area is 392 Å². The van der Waals surface area contributed by atoms with Crippen molar-refractivity contribution in [2.75, 3.05) is 13.2 Å². The van der Waals surface area contributed by atoms with E-state index in [1.165, 1.54) is 193 Å². The van der Waals surface area contributed by atoms with E-state index in [1.807, 2.05) is 6.08 Å². The maximum absolute atomic E-state index is 12.5. The zero-order valence-corrected chi connectivity index (χ0v) is 42.1. The molecule has 0 aliphatic heterocycles. The summed E-state index contributed by atoms with van der Waals surface area (Å²) in [5.41, 5.74) is 0. The van der Waals surface area contributed by atoms with Gasteiger partial charge in [-0.05, 0) is 57.8 Å². The van der Waals surface area contributed by atoms with Crippen LogP contribution in [0.4, 0.5) is 0 Å². The molecule has 3 N–H and O–H groups in total. The molecule has 0 rings (SSSR count). The summed E-state index contributed by atoms with van der Waals surface area (Å²) in [5, 5.41) is 23.1. The number of carbonyl (C=O) groups excluding carboxylic acids is 2. The fourth-order valence-electron chi connectivity index (χ4n) is 8.38. The molecule has 0 heterocycles. The number of carbonyl (C=O) groups is 2. The Morgan fingerprint density at radius 3 is 1.27 bits per heavy atom. The smallest absolute Gasteiger partial charge is 0.305 e. The van der Waals surface area contributed by atoms with Crippen LogP contribution in [-0.2, 0) is 14.3 Å². The molecule has 1 amide bonds. The van der Waals surface area contributed by atoms with E-state index in [2.05, 4.69) is 43.5 Å². The molecule has 63 heavy (non-hydrogen) atoms. The zero-order chi connectivity index (χ0) is 45.8. The second kappa shape index (κ2) is 52.7. The van der Waals surface area contributed by atoms with Crippen LogP contribution in [0.5, 0.6) is 0 Å². The Bertz CT molecular complexity index is 1020. The molecule has 0 saturated heterocycles. The van der Waals surface area contributed by atoms with Gasteiger partial charge in [-0.25, -0.2) is 0 Å². The number of allylic oxidation sites excluding steroid dienone is 5. The zero-order valence-electron chi connectivity index (χ0n) is 42.1. The van der Waals surface area contributed by atoms with Gasteiger partial charge in [-0.3, -0.25) is 9.59 Å². The molecule has 0 radical (unpaired) electrons. The van der Waals surface area contributed by atoms with Gasteiger partial charge < -0.3 is 20.3 Å². The van der Waals surface area contributed by atoms with Crippen molar-refractivity contribution in [3.63, 3.8) is 0 Å². The molecule has 0 aromatic rings. The quantitative estimate of drug-likeness (QED) is 0.0321. The molecular weight excluding hydrogens is 779 g/mol. The van der Waals surface area contributed by atoms with Crippen molar-refractivity contribution in [3.8, 4) is 0 Å². The Balaban J connectivity index is 3.52. The van der Waals surface area contributed by atoms with Gasteiger partial charge in [0.05, 0.1) is 25.4 Å². The van der Waals surface area contributed by atoms with Gasteiger partial charge in [-0.2, -0.15) is 0 Å². The SMILES string of the molecule is CCC/C=C\C/C=C\CCCCCCCC(=O)OCCCCCCCCCCCC(=O)NC(CO)C(O)/C=C/CCCCCCCCCCCCCCCCCCCCCCCC. The number of amides is 1. The Kier molecular flexibility index (Phi) is 51.1. The van der Waals surface area contributed by atoms with E-state index >= 15 is 0 Å². The molecule has 2 atom stereocenters. The number of ether oxygens (including phenoxy) is 1. The molecule has 0 spiro atoms. The average Bonchev–Trinajstić information content (AvgIpc) is 3.28. The average molecular weight is 886 g/mol. The van der Waals surface area contributed by atoms with Crippen LogP contribution in [0, 0.1) is 0 Å². The minimum atomic E-state index is -0.864. The minimum Gasteiger partial charge on any atom is -0.466 e. The molecule has 0 saturated carbocycles. The summed E-state index contributed by atoms with van der Waals surface area (Å²) in [6, 6.07) is -0.650. The molecule has 0 bridgehead atoms. The Morgan fingerprint density at radius 1 is 0.444 bits per heavy atom. The normalized spacial score (nSPS) is 12.9. The van der Waals surface area contributed by atoms with Crippen molar-refractivity contribution in [2.24, 2.45) is 0 Å². The van der Waals surface area contributed by atoms with Crippen LogP contribution >= 0.6 is 0 Å². The van der Waals surface area contributed by atoms with Gasteiger partial charge in [0.1, 0.15) is 0 Å². The van der Waals surface area contributed by atoms with Gasteiger partial charge in [0.15, 0.2) is 0 Å². The minimum absolute atomic E-state index is 0.0423. The van der Waals surface area contributed by atoms with Crippen LogP contribution in [0.25, 0.3) is 0 Å². The molecule has 6 heteroatoms. The third-order valence-corrected chi connectivity index (χ3v) is 12.6. The second-order valence-electron chi connectivity index (χ2n) is 18.9. The van der Waals surface area contributed by atoms with Crippen molar-refractivity contribution in [1.82, 2.24) is 5.32 Å². The number of aliphatic hydroxyl groups is 2. The lowest BCUT2D eigenvalue weighted by atomic mass is 10.0. The maximum atomic E-state index is 12.5. The monoisotopic (exact) mass is 886 g/mol. The lowest BCUT2D eigenvalue weighted by Crippen LogP contribution is -2.45. The number of rotatable bonds is 51. The highest BCUT2D eigenvalue weighted by Gasteiger charge is 2.18. The number of unbranched alkanes of at least 4 members (excludes halogenated alkanes) is 36. The largest absolute Gasteiger partial charge is 0.466 e. The number of nitrogens with one attached hydrogen (secondary N) is 1. The van der Waals surface area contributed by atoms with E-state index < -0.39 is 12.1 Å². The first-order valence-corrected chi connectivity index (χ1v) is 27.8.